The van der Waals surface area contributed by atoms with Gasteiger partial charge in [-0.05, 0) is 96.1 Å². The molecule has 0 fully saturated rings. The second kappa shape index (κ2) is 11.8. The Hall–Kier alpha value is -7.86. The first-order valence-electron chi connectivity index (χ1n) is 18.3. The molecule has 0 aliphatic heterocycles. The van der Waals surface area contributed by atoms with Crippen molar-refractivity contribution in [2.45, 2.75) is 0 Å². The van der Waals surface area contributed by atoms with Crippen LogP contribution in [0.5, 0.6) is 0 Å². The van der Waals surface area contributed by atoms with Crippen LogP contribution in [0.3, 0.4) is 0 Å². The highest BCUT2D eigenvalue weighted by Gasteiger charge is 2.20. The summed E-state index contributed by atoms with van der Waals surface area (Å²) in [5, 5.41) is 27.0. The van der Waals surface area contributed by atoms with E-state index in [1.165, 1.54) is 32.6 Å². The predicted molar refractivity (Wildman–Crippen MR) is 224 cm³/mol. The fourth-order valence-electron chi connectivity index (χ4n) is 8.74. The Bertz CT molecular complexity index is 3400. The number of fused-ring (bicyclic) bond motifs is 9. The second-order valence-electron chi connectivity index (χ2n) is 14.0. The van der Waals surface area contributed by atoms with Gasteiger partial charge >= 0.3 is 0 Å². The Kier molecular flexibility index (Phi) is 6.61. The molecular formula is C50H29N5. The molecule has 0 unspecified atom stereocenters. The maximum Gasteiger partial charge on any atom is 0.103 e. The van der Waals surface area contributed by atoms with E-state index in [0.717, 1.165) is 55.3 Å². The minimum atomic E-state index is 0.367. The number of rotatable bonds is 4. The molecule has 55 heavy (non-hydrogen) atoms. The highest BCUT2D eigenvalue weighted by Crippen LogP contribution is 2.40. The van der Waals surface area contributed by atoms with Gasteiger partial charge in [0.2, 0.25) is 0 Å². The molecular weight excluding hydrogens is 671 g/mol. The molecule has 0 N–H and O–H groups in total. The molecule has 0 atom stereocenters. The summed E-state index contributed by atoms with van der Waals surface area (Å²) in [6.45, 7) is 0. The van der Waals surface area contributed by atoms with Crippen molar-refractivity contribution in [2.75, 3.05) is 0 Å². The zero-order valence-electron chi connectivity index (χ0n) is 29.5. The first-order chi connectivity index (χ1) is 27.2. The lowest BCUT2D eigenvalue weighted by atomic mass is 10.0. The van der Waals surface area contributed by atoms with Crippen LogP contribution in [0.2, 0.25) is 0 Å². The van der Waals surface area contributed by atoms with E-state index in [1.54, 1.807) is 6.07 Å². The fraction of sp³-hybridized carbons (Fsp3) is 0. The number of hydrogen-bond donors (Lipinski definition) is 0. The molecule has 8 aromatic carbocycles. The van der Waals surface area contributed by atoms with E-state index in [0.29, 0.717) is 16.8 Å². The van der Waals surface area contributed by atoms with Crippen LogP contribution in [0.15, 0.2) is 176 Å². The zero-order chi connectivity index (χ0) is 36.6. The second-order valence-corrected chi connectivity index (χ2v) is 14.0. The maximum atomic E-state index is 10.1. The molecule has 5 nitrogen and oxygen atoms in total. The number of nitriles is 2. The predicted octanol–water partition coefficient (Wildman–Crippen LogP) is 12.4. The summed E-state index contributed by atoms with van der Waals surface area (Å²) in [4.78, 5) is 0. The summed E-state index contributed by atoms with van der Waals surface area (Å²) >= 11 is 0. The Morgan fingerprint density at radius 2 is 0.800 bits per heavy atom. The molecule has 0 aliphatic rings. The number of benzene rings is 8. The van der Waals surface area contributed by atoms with E-state index in [-0.39, 0.29) is 0 Å². The highest BCUT2D eigenvalue weighted by atomic mass is 15.0. The van der Waals surface area contributed by atoms with Crippen molar-refractivity contribution in [3.8, 4) is 40.3 Å². The molecule has 3 heterocycles. The van der Waals surface area contributed by atoms with Crippen LogP contribution in [-0.2, 0) is 0 Å². The average molecular weight is 700 g/mol. The molecule has 0 bridgehead atoms. The fourth-order valence-corrected chi connectivity index (χ4v) is 8.74. The van der Waals surface area contributed by atoms with E-state index in [4.69, 9.17) is 0 Å². The van der Waals surface area contributed by atoms with E-state index in [9.17, 15) is 10.5 Å². The third kappa shape index (κ3) is 4.45. The van der Waals surface area contributed by atoms with Gasteiger partial charge in [-0.3, -0.25) is 0 Å². The molecule has 0 amide bonds. The van der Waals surface area contributed by atoms with Crippen molar-refractivity contribution in [1.82, 2.24) is 13.7 Å². The van der Waals surface area contributed by atoms with Crippen molar-refractivity contribution >= 4 is 65.4 Å². The van der Waals surface area contributed by atoms with Gasteiger partial charge in [0.1, 0.15) is 12.1 Å². The van der Waals surface area contributed by atoms with Gasteiger partial charge in [0.15, 0.2) is 0 Å². The summed E-state index contributed by atoms with van der Waals surface area (Å²) < 4.78 is 6.86. The van der Waals surface area contributed by atoms with Crippen LogP contribution >= 0.6 is 0 Å². The first-order valence-corrected chi connectivity index (χ1v) is 18.3. The number of nitrogens with zero attached hydrogens (tertiary/aromatic N) is 5. The Balaban J connectivity index is 1.15. The summed E-state index contributed by atoms with van der Waals surface area (Å²) in [5.41, 5.74) is 12.5. The van der Waals surface area contributed by atoms with Gasteiger partial charge in [0.25, 0.3) is 0 Å². The zero-order valence-corrected chi connectivity index (χ0v) is 29.5. The lowest BCUT2D eigenvalue weighted by Crippen LogP contribution is -1.99. The molecule has 5 heteroatoms. The Morgan fingerprint density at radius 3 is 1.42 bits per heavy atom. The van der Waals surface area contributed by atoms with Crippen molar-refractivity contribution < 1.29 is 0 Å². The van der Waals surface area contributed by atoms with Gasteiger partial charge in [0.05, 0.1) is 49.9 Å². The number of aromatic nitrogens is 3. The minimum absolute atomic E-state index is 0.367. The van der Waals surface area contributed by atoms with Crippen molar-refractivity contribution in [3.63, 3.8) is 0 Å². The smallest absolute Gasteiger partial charge is 0.103 e. The van der Waals surface area contributed by atoms with E-state index in [2.05, 4.69) is 177 Å². The summed E-state index contributed by atoms with van der Waals surface area (Å²) in [5.74, 6) is 0. The van der Waals surface area contributed by atoms with Crippen molar-refractivity contribution in [2.24, 2.45) is 0 Å². The topological polar surface area (TPSA) is 62.4 Å². The Morgan fingerprint density at radius 1 is 0.327 bits per heavy atom. The van der Waals surface area contributed by atoms with E-state index in [1.807, 2.05) is 18.2 Å². The normalized spacial score (nSPS) is 11.6. The van der Waals surface area contributed by atoms with Gasteiger partial charge in [0, 0.05) is 43.7 Å². The van der Waals surface area contributed by atoms with Gasteiger partial charge in [-0.15, -0.1) is 0 Å². The largest absolute Gasteiger partial charge is 0.309 e. The SMILES string of the molecule is N#Cc1cccc(-n2c3ccccc3c3cc(-c4ccc5c(c4)c4cc(-n6c7ccccc7c7ccccc76)ccc4n5-c4ccccc4)ccc32)c1C#N. The monoisotopic (exact) mass is 699 g/mol. The van der Waals surface area contributed by atoms with Crippen molar-refractivity contribution in [3.05, 3.63) is 187 Å². The minimum Gasteiger partial charge on any atom is -0.309 e. The third-order valence-electron chi connectivity index (χ3n) is 11.1. The van der Waals surface area contributed by atoms with Gasteiger partial charge in [-0.2, -0.15) is 10.5 Å². The summed E-state index contributed by atoms with van der Waals surface area (Å²) in [7, 11) is 0. The highest BCUT2D eigenvalue weighted by molar-refractivity contribution is 6.14. The molecule has 0 saturated heterocycles. The van der Waals surface area contributed by atoms with Crippen LogP contribution in [0.1, 0.15) is 11.1 Å². The van der Waals surface area contributed by atoms with E-state index < -0.39 is 0 Å². The van der Waals surface area contributed by atoms with Gasteiger partial charge in [-0.25, -0.2) is 0 Å². The molecule has 0 spiro atoms. The standard InChI is InChI=1S/C50H29N5/c51-30-34-11-10-20-47(43(34)31-52)55-46-19-9-6-16-39(46)40-27-32(22-25-50(40)55)33-21-24-48-41(28-33)42-29-36(23-26-49(42)53(48)35-12-2-1-3-13-35)54-44-17-7-4-14-37(44)38-15-5-8-18-45(38)54/h1-29H. The Labute approximate surface area is 316 Å². The molecule has 0 aliphatic carbocycles. The van der Waals surface area contributed by atoms with Crippen LogP contribution in [-0.4, -0.2) is 13.7 Å². The van der Waals surface area contributed by atoms with Crippen LogP contribution in [0.4, 0.5) is 0 Å². The van der Waals surface area contributed by atoms with Crippen LogP contribution in [0.25, 0.3) is 93.6 Å². The molecule has 254 valence electrons. The lowest BCUT2D eigenvalue weighted by Gasteiger charge is -2.11. The van der Waals surface area contributed by atoms with Gasteiger partial charge < -0.3 is 13.7 Å². The molecule has 0 radical (unpaired) electrons. The molecule has 3 aromatic heterocycles. The van der Waals surface area contributed by atoms with E-state index >= 15 is 0 Å². The molecule has 11 aromatic rings. The maximum absolute atomic E-state index is 10.1. The van der Waals surface area contributed by atoms with Crippen LogP contribution < -0.4 is 0 Å². The van der Waals surface area contributed by atoms with Crippen LogP contribution in [0, 0.1) is 22.7 Å². The summed E-state index contributed by atoms with van der Waals surface area (Å²) in [6.07, 6.45) is 0. The molecule has 0 saturated carbocycles. The number of hydrogen-bond acceptors (Lipinski definition) is 2. The van der Waals surface area contributed by atoms with Crippen molar-refractivity contribution in [1.29, 1.82) is 10.5 Å². The van der Waals surface area contributed by atoms with Gasteiger partial charge in [-0.1, -0.05) is 91.0 Å². The quantitative estimate of drug-likeness (QED) is 0.184. The number of para-hydroxylation sites is 4. The third-order valence-corrected chi connectivity index (χ3v) is 11.1. The summed E-state index contributed by atoms with van der Waals surface area (Å²) in [6, 6.07) is 66.3. The average Bonchev–Trinajstić information content (AvgIpc) is 3.88. The molecule has 11 rings (SSSR count). The first kappa shape index (κ1) is 30.7. The lowest BCUT2D eigenvalue weighted by molar-refractivity contribution is 1.16.